The normalized spacial score (nSPS) is 44.5. The van der Waals surface area contributed by atoms with E-state index in [2.05, 4.69) is 37.9 Å². The highest BCUT2D eigenvalue weighted by atomic mass is 16.5. The van der Waals surface area contributed by atoms with Gasteiger partial charge >= 0.3 is 11.9 Å². The lowest BCUT2D eigenvalue weighted by Gasteiger charge is -2.59. The number of aliphatic hydroxyl groups excluding tert-OH is 3. The van der Waals surface area contributed by atoms with Crippen LogP contribution in [-0.2, 0) is 19.1 Å². The molecule has 3 fully saturated rings. The summed E-state index contributed by atoms with van der Waals surface area (Å²) in [4.78, 5) is 22.4. The molecule has 4 rings (SSSR count). The van der Waals surface area contributed by atoms with Crippen LogP contribution in [0.4, 0.5) is 0 Å². The maximum absolute atomic E-state index is 11.3. The second kappa shape index (κ2) is 9.04. The Bertz CT molecular complexity index is 1010. The van der Waals surface area contributed by atoms with Gasteiger partial charge in [-0.2, -0.15) is 0 Å². The highest BCUT2D eigenvalue weighted by Gasteiger charge is 2.63. The molecule has 0 aromatic rings. The number of carbonyl (C=O) groups is 2. The Labute approximate surface area is 200 Å². The van der Waals surface area contributed by atoms with Crippen LogP contribution in [0.5, 0.6) is 0 Å². The van der Waals surface area contributed by atoms with Crippen LogP contribution in [-0.4, -0.2) is 45.6 Å². The minimum atomic E-state index is -0.825. The van der Waals surface area contributed by atoms with Gasteiger partial charge in [0, 0.05) is 19.8 Å². The molecule has 4 aliphatic rings. The highest BCUT2D eigenvalue weighted by molar-refractivity contribution is 5.67. The van der Waals surface area contributed by atoms with Crippen LogP contribution in [0.25, 0.3) is 0 Å². The molecule has 4 aliphatic carbocycles. The molecule has 0 saturated heterocycles. The molecule has 10 atom stereocenters. The van der Waals surface area contributed by atoms with Gasteiger partial charge in [0.05, 0.1) is 24.2 Å². The van der Waals surface area contributed by atoms with Crippen LogP contribution in [0.1, 0.15) is 59.8 Å². The van der Waals surface area contributed by atoms with Crippen LogP contribution >= 0.6 is 0 Å². The Morgan fingerprint density at radius 3 is 2.26 bits per heavy atom. The molecule has 0 amide bonds. The highest BCUT2D eigenvalue weighted by Crippen LogP contribution is 2.66. The molecule has 3 N–H and O–H groups in total. The van der Waals surface area contributed by atoms with E-state index < -0.39 is 35.7 Å². The van der Waals surface area contributed by atoms with Gasteiger partial charge in [-0.05, 0) is 66.3 Å². The fourth-order valence-electron chi connectivity index (χ4n) is 7.37. The Balaban J connectivity index is 1.74. The zero-order valence-electron chi connectivity index (χ0n) is 20.2. The standard InChI is InChI=1S/C27H34O7/c1-15(28)33-11-7-17-5-9-26(3)19-6-10-27(4)20(14-22(30)25(27)32)23(19)18(8-12-34-16(2)29)13-21(26)24(17)31/h13,17-20,22-25,30-32H,5-6,9-10,14H2,1-4H3/t17?,18?,19-,20+,22?,23-,24?,25?,26-,27+/m1/s1. The van der Waals surface area contributed by atoms with Gasteiger partial charge in [-0.25, -0.2) is 0 Å². The number of hydrogen-bond donors (Lipinski definition) is 3. The first-order chi connectivity index (χ1) is 16.0. The molecule has 0 aliphatic heterocycles. The lowest BCUT2D eigenvalue weighted by atomic mass is 9.45. The van der Waals surface area contributed by atoms with E-state index in [4.69, 9.17) is 9.47 Å². The van der Waals surface area contributed by atoms with E-state index in [1.54, 1.807) is 0 Å². The molecule has 0 radical (unpaired) electrons. The average Bonchev–Trinajstić information content (AvgIpc) is 2.99. The number of aliphatic hydroxyl groups is 3. The van der Waals surface area contributed by atoms with Crippen molar-refractivity contribution in [2.45, 2.75) is 78.1 Å². The minimum absolute atomic E-state index is 0.0539. The fraction of sp³-hybridized carbons (Fsp3) is 0.704. The Kier molecular flexibility index (Phi) is 6.59. The second-order valence-corrected chi connectivity index (χ2v) is 10.9. The molecule has 3 saturated carbocycles. The molecule has 7 heteroatoms. The SMILES string of the molecule is CC(=O)OC#CC1CC[C@@]2(C)C(=CC(C#COC(C)=O)[C@@H]3[C@H]2CC[C@]2(C)C(O)C(O)C[C@@H]32)C1O. The molecule has 0 bridgehead atoms. The topological polar surface area (TPSA) is 113 Å². The van der Waals surface area contributed by atoms with Crippen molar-refractivity contribution >= 4 is 11.9 Å². The van der Waals surface area contributed by atoms with Crippen molar-refractivity contribution < 1.29 is 34.4 Å². The molecular formula is C27H34O7. The van der Waals surface area contributed by atoms with E-state index in [9.17, 15) is 24.9 Å². The minimum Gasteiger partial charge on any atom is -0.390 e. The first kappa shape index (κ1) is 24.8. The van der Waals surface area contributed by atoms with Crippen LogP contribution in [0.2, 0.25) is 0 Å². The largest absolute Gasteiger partial charge is 0.390 e. The van der Waals surface area contributed by atoms with Crippen LogP contribution in [0.15, 0.2) is 11.6 Å². The number of carbonyl (C=O) groups excluding carboxylic acids is 2. The van der Waals surface area contributed by atoms with Gasteiger partial charge < -0.3 is 24.8 Å². The summed E-state index contributed by atoms with van der Waals surface area (Å²) in [6.07, 6.45) is 8.22. The third-order valence-corrected chi connectivity index (χ3v) is 9.09. The summed E-state index contributed by atoms with van der Waals surface area (Å²) in [5.74, 6) is 4.66. The number of esters is 2. The van der Waals surface area contributed by atoms with Crippen LogP contribution < -0.4 is 0 Å². The van der Waals surface area contributed by atoms with Crippen molar-refractivity contribution in [3.63, 3.8) is 0 Å². The number of ether oxygens (including phenoxy) is 2. The van der Waals surface area contributed by atoms with Crippen LogP contribution in [0.3, 0.4) is 0 Å². The quantitative estimate of drug-likeness (QED) is 0.282. The van der Waals surface area contributed by atoms with Crippen molar-refractivity contribution in [3.05, 3.63) is 11.6 Å². The molecule has 5 unspecified atom stereocenters. The summed E-state index contributed by atoms with van der Waals surface area (Å²) in [5.41, 5.74) is 0.199. The Morgan fingerprint density at radius 1 is 0.971 bits per heavy atom. The lowest BCUT2D eigenvalue weighted by Crippen LogP contribution is -2.55. The van der Waals surface area contributed by atoms with E-state index in [1.807, 2.05) is 6.08 Å². The molecule has 0 spiro atoms. The molecule has 7 nitrogen and oxygen atoms in total. The molecule has 184 valence electrons. The Hall–Kier alpha value is -2.32. The number of hydrogen-bond acceptors (Lipinski definition) is 7. The van der Waals surface area contributed by atoms with Crippen molar-refractivity contribution in [2.24, 2.45) is 40.4 Å². The van der Waals surface area contributed by atoms with Gasteiger partial charge in [-0.15, -0.1) is 0 Å². The smallest absolute Gasteiger partial charge is 0.316 e. The van der Waals surface area contributed by atoms with E-state index in [-0.39, 0.29) is 35.0 Å². The van der Waals surface area contributed by atoms with Crippen molar-refractivity contribution in [1.82, 2.24) is 0 Å². The van der Waals surface area contributed by atoms with Crippen molar-refractivity contribution in [3.8, 4) is 24.1 Å². The summed E-state index contributed by atoms with van der Waals surface area (Å²) in [6, 6.07) is 0. The van der Waals surface area contributed by atoms with E-state index >= 15 is 0 Å². The number of rotatable bonds is 0. The first-order valence-corrected chi connectivity index (χ1v) is 12.1. The number of fused-ring (bicyclic) bond motifs is 5. The van der Waals surface area contributed by atoms with E-state index in [0.717, 1.165) is 24.8 Å². The van der Waals surface area contributed by atoms with Gasteiger partial charge in [0.2, 0.25) is 0 Å². The first-order valence-electron chi connectivity index (χ1n) is 12.1. The van der Waals surface area contributed by atoms with Crippen molar-refractivity contribution in [1.29, 1.82) is 0 Å². The molecule has 0 heterocycles. The van der Waals surface area contributed by atoms with E-state index in [0.29, 0.717) is 12.8 Å². The van der Waals surface area contributed by atoms with Gasteiger partial charge in [0.25, 0.3) is 0 Å². The monoisotopic (exact) mass is 470 g/mol. The lowest BCUT2D eigenvalue weighted by molar-refractivity contribution is -0.135. The van der Waals surface area contributed by atoms with Gasteiger partial charge in [0.1, 0.15) is 12.2 Å². The fourth-order valence-corrected chi connectivity index (χ4v) is 7.37. The zero-order chi connectivity index (χ0) is 24.8. The summed E-state index contributed by atoms with van der Waals surface area (Å²) >= 11 is 0. The second-order valence-electron chi connectivity index (χ2n) is 10.9. The summed E-state index contributed by atoms with van der Waals surface area (Å²) in [7, 11) is 0. The predicted molar refractivity (Wildman–Crippen MR) is 122 cm³/mol. The summed E-state index contributed by atoms with van der Waals surface area (Å²) < 4.78 is 9.69. The predicted octanol–water partition coefficient (Wildman–Crippen LogP) is 2.14. The number of allylic oxidation sites excluding steroid dienone is 1. The molecule has 34 heavy (non-hydrogen) atoms. The summed E-state index contributed by atoms with van der Waals surface area (Å²) in [6.45, 7) is 6.83. The average molecular weight is 471 g/mol. The molecule has 0 aromatic carbocycles. The Morgan fingerprint density at radius 2 is 1.62 bits per heavy atom. The zero-order valence-corrected chi connectivity index (χ0v) is 20.2. The van der Waals surface area contributed by atoms with Crippen LogP contribution in [0, 0.1) is 64.5 Å². The van der Waals surface area contributed by atoms with Gasteiger partial charge in [-0.3, -0.25) is 9.59 Å². The third kappa shape index (κ3) is 4.05. The third-order valence-electron chi connectivity index (χ3n) is 9.09. The summed E-state index contributed by atoms with van der Waals surface area (Å²) in [5, 5.41) is 32.7. The van der Waals surface area contributed by atoms with Gasteiger partial charge in [-0.1, -0.05) is 31.8 Å². The maximum atomic E-state index is 11.3. The van der Waals surface area contributed by atoms with E-state index in [1.165, 1.54) is 13.8 Å². The molecular weight excluding hydrogens is 436 g/mol. The van der Waals surface area contributed by atoms with Gasteiger partial charge in [0.15, 0.2) is 0 Å². The maximum Gasteiger partial charge on any atom is 0.316 e. The van der Waals surface area contributed by atoms with Crippen molar-refractivity contribution in [2.75, 3.05) is 0 Å². The molecule has 0 aromatic heterocycles.